The highest BCUT2D eigenvalue weighted by Crippen LogP contribution is 2.38. The van der Waals surface area contributed by atoms with E-state index in [0.717, 1.165) is 18.7 Å². The number of likely N-dealkylation sites (N-methyl/N-ethyl adjacent to an activating group) is 1. The van der Waals surface area contributed by atoms with Gasteiger partial charge >= 0.3 is 0 Å². The number of likely N-dealkylation sites (tertiary alicyclic amines) is 1. The largest absolute Gasteiger partial charge is 0.316 e. The Morgan fingerprint density at radius 1 is 1.33 bits per heavy atom. The highest BCUT2D eigenvalue weighted by atomic mass is 16.2. The summed E-state index contributed by atoms with van der Waals surface area (Å²) in [6, 6.07) is 3.97. The van der Waals surface area contributed by atoms with Crippen molar-refractivity contribution in [3.63, 3.8) is 0 Å². The van der Waals surface area contributed by atoms with Crippen LogP contribution in [0.5, 0.6) is 0 Å². The third kappa shape index (κ3) is 1.49. The van der Waals surface area contributed by atoms with Gasteiger partial charge in [-0.1, -0.05) is 6.07 Å². The summed E-state index contributed by atoms with van der Waals surface area (Å²) in [5.41, 5.74) is 0.637. The van der Waals surface area contributed by atoms with Gasteiger partial charge in [0.25, 0.3) is 0 Å². The van der Waals surface area contributed by atoms with Gasteiger partial charge in [0.05, 0.1) is 0 Å². The Bertz CT molecular complexity index is 479. The molecule has 2 aliphatic rings. The first-order valence-electron chi connectivity index (χ1n) is 6.38. The third-order valence-corrected chi connectivity index (χ3v) is 3.97. The SMILES string of the molecule is CN1C(=O)C=CC1(c1cccnc1)N1CCCC1. The Labute approximate surface area is 107 Å². The first kappa shape index (κ1) is 11.4. The van der Waals surface area contributed by atoms with Crippen LogP contribution in [-0.2, 0) is 10.5 Å². The molecule has 1 saturated heterocycles. The van der Waals surface area contributed by atoms with Gasteiger partial charge in [0.1, 0.15) is 5.66 Å². The molecule has 4 nitrogen and oxygen atoms in total. The Kier molecular flexibility index (Phi) is 2.67. The maximum absolute atomic E-state index is 11.9. The van der Waals surface area contributed by atoms with E-state index in [0.29, 0.717) is 0 Å². The molecule has 18 heavy (non-hydrogen) atoms. The summed E-state index contributed by atoms with van der Waals surface area (Å²) in [7, 11) is 1.87. The quantitative estimate of drug-likeness (QED) is 0.787. The number of amides is 1. The summed E-state index contributed by atoms with van der Waals surface area (Å²) in [4.78, 5) is 20.3. The van der Waals surface area contributed by atoms with Crippen molar-refractivity contribution in [3.05, 3.63) is 42.2 Å². The molecule has 3 heterocycles. The van der Waals surface area contributed by atoms with E-state index < -0.39 is 5.66 Å². The van der Waals surface area contributed by atoms with Crippen LogP contribution in [0.25, 0.3) is 0 Å². The van der Waals surface area contributed by atoms with Crippen molar-refractivity contribution in [1.29, 1.82) is 0 Å². The molecule has 1 atom stereocenters. The van der Waals surface area contributed by atoms with Crippen LogP contribution in [0.15, 0.2) is 36.7 Å². The van der Waals surface area contributed by atoms with Crippen molar-refractivity contribution in [2.75, 3.05) is 20.1 Å². The van der Waals surface area contributed by atoms with E-state index in [2.05, 4.69) is 9.88 Å². The fraction of sp³-hybridized carbons (Fsp3) is 0.429. The summed E-state index contributed by atoms with van der Waals surface area (Å²) in [5, 5.41) is 0. The lowest BCUT2D eigenvalue weighted by molar-refractivity contribution is -0.132. The minimum absolute atomic E-state index is 0.0609. The summed E-state index contributed by atoms with van der Waals surface area (Å²) in [6.45, 7) is 2.05. The predicted molar refractivity (Wildman–Crippen MR) is 68.6 cm³/mol. The number of carbonyl (C=O) groups is 1. The second kappa shape index (κ2) is 4.21. The lowest BCUT2D eigenvalue weighted by atomic mass is 9.99. The molecule has 0 radical (unpaired) electrons. The maximum atomic E-state index is 11.9. The Balaban J connectivity index is 2.09. The Morgan fingerprint density at radius 3 is 2.67 bits per heavy atom. The standard InChI is InChI=1S/C14H17N3O/c1-16-13(18)6-7-14(16,17-9-2-3-10-17)12-5-4-8-15-11-12/h4-8,11H,2-3,9-10H2,1H3. The average Bonchev–Trinajstić information content (AvgIpc) is 3.02. The van der Waals surface area contributed by atoms with Crippen molar-refractivity contribution in [2.45, 2.75) is 18.5 Å². The van der Waals surface area contributed by atoms with Crippen LogP contribution in [0, 0.1) is 0 Å². The molecular weight excluding hydrogens is 226 g/mol. The summed E-state index contributed by atoms with van der Waals surface area (Å²) >= 11 is 0. The third-order valence-electron chi connectivity index (χ3n) is 3.97. The minimum Gasteiger partial charge on any atom is -0.316 e. The monoisotopic (exact) mass is 243 g/mol. The number of pyridine rings is 1. The van der Waals surface area contributed by atoms with Crippen molar-refractivity contribution < 1.29 is 4.79 Å². The maximum Gasteiger partial charge on any atom is 0.248 e. The van der Waals surface area contributed by atoms with E-state index in [1.807, 2.05) is 36.4 Å². The second-order valence-electron chi connectivity index (χ2n) is 4.89. The van der Waals surface area contributed by atoms with Gasteiger partial charge in [0, 0.05) is 44.2 Å². The second-order valence-corrected chi connectivity index (χ2v) is 4.89. The molecule has 1 unspecified atom stereocenters. The van der Waals surface area contributed by atoms with E-state index in [9.17, 15) is 4.79 Å². The molecule has 94 valence electrons. The van der Waals surface area contributed by atoms with Gasteiger partial charge in [-0.2, -0.15) is 0 Å². The van der Waals surface area contributed by atoms with Crippen molar-refractivity contribution >= 4 is 5.91 Å². The number of carbonyl (C=O) groups excluding carboxylic acids is 1. The molecule has 0 aliphatic carbocycles. The van der Waals surface area contributed by atoms with Gasteiger partial charge in [0.15, 0.2) is 0 Å². The molecule has 0 N–H and O–H groups in total. The van der Waals surface area contributed by atoms with Gasteiger partial charge < -0.3 is 4.90 Å². The van der Waals surface area contributed by atoms with E-state index in [1.54, 1.807) is 12.3 Å². The molecule has 0 bridgehead atoms. The molecule has 1 aromatic heterocycles. The molecular formula is C14H17N3O. The van der Waals surface area contributed by atoms with Crippen LogP contribution in [0.2, 0.25) is 0 Å². The van der Waals surface area contributed by atoms with Gasteiger partial charge in [-0.25, -0.2) is 0 Å². The highest BCUT2D eigenvalue weighted by Gasteiger charge is 2.46. The molecule has 1 aromatic rings. The Hall–Kier alpha value is -1.68. The van der Waals surface area contributed by atoms with Crippen LogP contribution in [0.1, 0.15) is 18.4 Å². The summed E-state index contributed by atoms with van der Waals surface area (Å²) < 4.78 is 0. The minimum atomic E-state index is -0.429. The first-order valence-corrected chi connectivity index (χ1v) is 6.38. The zero-order chi connectivity index (χ0) is 12.6. The molecule has 1 amide bonds. The number of rotatable bonds is 2. The van der Waals surface area contributed by atoms with Crippen LogP contribution >= 0.6 is 0 Å². The van der Waals surface area contributed by atoms with Gasteiger partial charge in [0.2, 0.25) is 5.91 Å². The average molecular weight is 243 g/mol. The van der Waals surface area contributed by atoms with Crippen LogP contribution in [0.3, 0.4) is 0 Å². The first-order chi connectivity index (χ1) is 8.75. The van der Waals surface area contributed by atoms with Gasteiger partial charge in [-0.3, -0.25) is 14.7 Å². The Morgan fingerprint density at radius 2 is 2.11 bits per heavy atom. The molecule has 1 fully saturated rings. The molecule has 0 aromatic carbocycles. The fourth-order valence-corrected chi connectivity index (χ4v) is 3.01. The number of hydrogen-bond acceptors (Lipinski definition) is 3. The van der Waals surface area contributed by atoms with Crippen LogP contribution < -0.4 is 0 Å². The molecule has 3 rings (SSSR count). The van der Waals surface area contributed by atoms with Gasteiger partial charge in [-0.05, 0) is 25.0 Å². The number of hydrogen-bond donors (Lipinski definition) is 0. The van der Waals surface area contributed by atoms with E-state index >= 15 is 0 Å². The molecule has 0 saturated carbocycles. The predicted octanol–water partition coefficient (Wildman–Crippen LogP) is 1.36. The van der Waals surface area contributed by atoms with Crippen molar-refractivity contribution in [3.8, 4) is 0 Å². The summed E-state index contributed by atoms with van der Waals surface area (Å²) in [5.74, 6) is 0.0609. The van der Waals surface area contributed by atoms with Crippen LogP contribution in [-0.4, -0.2) is 40.8 Å². The molecule has 0 spiro atoms. The normalized spacial score (nSPS) is 28.3. The smallest absolute Gasteiger partial charge is 0.248 e. The van der Waals surface area contributed by atoms with Gasteiger partial charge in [-0.15, -0.1) is 0 Å². The highest BCUT2D eigenvalue weighted by molar-refractivity contribution is 5.91. The zero-order valence-corrected chi connectivity index (χ0v) is 10.5. The number of nitrogens with zero attached hydrogens (tertiary/aromatic N) is 3. The van der Waals surface area contributed by atoms with Crippen molar-refractivity contribution in [2.24, 2.45) is 0 Å². The summed E-state index contributed by atoms with van der Waals surface area (Å²) in [6.07, 6.45) is 9.69. The van der Waals surface area contributed by atoms with E-state index in [1.165, 1.54) is 12.8 Å². The zero-order valence-electron chi connectivity index (χ0n) is 10.5. The van der Waals surface area contributed by atoms with E-state index in [4.69, 9.17) is 0 Å². The topological polar surface area (TPSA) is 36.4 Å². The van der Waals surface area contributed by atoms with E-state index in [-0.39, 0.29) is 5.91 Å². The lowest BCUT2D eigenvalue weighted by Gasteiger charge is -2.43. The fourth-order valence-electron chi connectivity index (χ4n) is 3.01. The molecule has 4 heteroatoms. The lowest BCUT2D eigenvalue weighted by Crippen LogP contribution is -2.53. The van der Waals surface area contributed by atoms with Crippen molar-refractivity contribution in [1.82, 2.24) is 14.8 Å². The number of aromatic nitrogens is 1. The molecule has 2 aliphatic heterocycles. The van der Waals surface area contributed by atoms with Crippen LogP contribution in [0.4, 0.5) is 0 Å².